The first-order chi connectivity index (χ1) is 5.70. The molecule has 3 N–H and O–H groups in total. The van der Waals surface area contributed by atoms with Crippen molar-refractivity contribution in [2.24, 2.45) is 5.73 Å². The third-order valence-corrected chi connectivity index (χ3v) is 2.35. The minimum Gasteiger partial charge on any atom is -0.388 e. The van der Waals surface area contributed by atoms with Crippen molar-refractivity contribution in [1.82, 2.24) is 4.98 Å². The Hall–Kier alpha value is -1.10. The van der Waals surface area contributed by atoms with E-state index in [4.69, 9.17) is 11.1 Å². The molecular weight excluding hydrogens is 172 g/mol. The van der Waals surface area contributed by atoms with Crippen molar-refractivity contribution in [2.45, 2.75) is 6.42 Å². The molecule has 66 valence electrons. The molecule has 0 bridgehead atoms. The summed E-state index contributed by atoms with van der Waals surface area (Å²) in [7, 11) is 1.95. The van der Waals surface area contributed by atoms with Gasteiger partial charge < -0.3 is 10.6 Å². The van der Waals surface area contributed by atoms with Gasteiger partial charge in [-0.3, -0.25) is 5.41 Å². The lowest BCUT2D eigenvalue weighted by Crippen LogP contribution is -2.23. The van der Waals surface area contributed by atoms with Crippen LogP contribution in [0.15, 0.2) is 11.6 Å². The molecule has 0 aliphatic heterocycles. The zero-order valence-corrected chi connectivity index (χ0v) is 7.77. The molecule has 0 atom stereocenters. The molecule has 0 fully saturated rings. The third kappa shape index (κ3) is 2.50. The number of hydrogen-bond acceptors (Lipinski definition) is 4. The van der Waals surface area contributed by atoms with Crippen molar-refractivity contribution in [1.29, 1.82) is 5.41 Å². The SMILES string of the molecule is CN(CCC(=N)N)c1nccs1. The second kappa shape index (κ2) is 4.06. The quantitative estimate of drug-likeness (QED) is 0.540. The van der Waals surface area contributed by atoms with Crippen LogP contribution in [0.25, 0.3) is 0 Å². The highest BCUT2D eigenvalue weighted by atomic mass is 32.1. The van der Waals surface area contributed by atoms with Crippen LogP contribution in [0.2, 0.25) is 0 Å². The first-order valence-electron chi connectivity index (χ1n) is 3.63. The molecule has 0 saturated heterocycles. The fourth-order valence-electron chi connectivity index (χ4n) is 0.788. The van der Waals surface area contributed by atoms with Crippen molar-refractivity contribution in [3.05, 3.63) is 11.6 Å². The Balaban J connectivity index is 2.39. The maximum atomic E-state index is 7.05. The fraction of sp³-hybridized carbons (Fsp3) is 0.429. The molecule has 1 rings (SSSR count). The van der Waals surface area contributed by atoms with Gasteiger partial charge in [0.25, 0.3) is 0 Å². The summed E-state index contributed by atoms with van der Waals surface area (Å²) >= 11 is 1.59. The molecule has 0 amide bonds. The van der Waals surface area contributed by atoms with Crippen LogP contribution in [0.1, 0.15) is 6.42 Å². The van der Waals surface area contributed by atoms with Crippen molar-refractivity contribution < 1.29 is 0 Å². The summed E-state index contributed by atoms with van der Waals surface area (Å²) in [5, 5.41) is 9.95. The smallest absolute Gasteiger partial charge is 0.184 e. The van der Waals surface area contributed by atoms with E-state index in [1.807, 2.05) is 17.3 Å². The molecule has 12 heavy (non-hydrogen) atoms. The van der Waals surface area contributed by atoms with E-state index in [0.717, 1.165) is 11.7 Å². The lowest BCUT2D eigenvalue weighted by atomic mass is 10.4. The Morgan fingerprint density at radius 3 is 3.08 bits per heavy atom. The van der Waals surface area contributed by atoms with Crippen LogP contribution in [0, 0.1) is 5.41 Å². The van der Waals surface area contributed by atoms with Gasteiger partial charge in [0, 0.05) is 31.6 Å². The summed E-state index contributed by atoms with van der Waals surface area (Å²) in [6.07, 6.45) is 2.36. The van der Waals surface area contributed by atoms with Crippen molar-refractivity contribution in [3.8, 4) is 0 Å². The molecule has 0 aliphatic carbocycles. The number of rotatable bonds is 4. The number of thiazole rings is 1. The van der Waals surface area contributed by atoms with E-state index in [0.29, 0.717) is 6.42 Å². The maximum Gasteiger partial charge on any atom is 0.184 e. The number of aromatic nitrogens is 1. The van der Waals surface area contributed by atoms with Gasteiger partial charge in [0.05, 0.1) is 5.84 Å². The summed E-state index contributed by atoms with van der Waals surface area (Å²) in [6.45, 7) is 0.753. The van der Waals surface area contributed by atoms with E-state index in [2.05, 4.69) is 4.98 Å². The van der Waals surface area contributed by atoms with Crippen LogP contribution < -0.4 is 10.6 Å². The number of nitrogens with zero attached hydrogens (tertiary/aromatic N) is 2. The molecule has 4 nitrogen and oxygen atoms in total. The van der Waals surface area contributed by atoms with E-state index >= 15 is 0 Å². The van der Waals surface area contributed by atoms with Gasteiger partial charge in [-0.1, -0.05) is 0 Å². The molecular formula is C7H12N4S. The van der Waals surface area contributed by atoms with Crippen molar-refractivity contribution in [3.63, 3.8) is 0 Å². The van der Waals surface area contributed by atoms with E-state index in [9.17, 15) is 0 Å². The highest BCUT2D eigenvalue weighted by molar-refractivity contribution is 7.13. The van der Waals surface area contributed by atoms with Gasteiger partial charge in [0.1, 0.15) is 0 Å². The molecule has 0 saturated carbocycles. The molecule has 0 aromatic carbocycles. The van der Waals surface area contributed by atoms with E-state index in [1.54, 1.807) is 17.5 Å². The summed E-state index contributed by atoms with van der Waals surface area (Å²) in [4.78, 5) is 6.12. The molecule has 5 heteroatoms. The minimum absolute atomic E-state index is 0.221. The molecule has 1 aromatic rings. The average Bonchev–Trinajstić information content (AvgIpc) is 2.51. The zero-order chi connectivity index (χ0) is 8.97. The van der Waals surface area contributed by atoms with Crippen LogP contribution in [-0.2, 0) is 0 Å². The van der Waals surface area contributed by atoms with Gasteiger partial charge in [-0.15, -0.1) is 11.3 Å². The molecule has 0 aliphatic rings. The van der Waals surface area contributed by atoms with E-state index in [1.165, 1.54) is 0 Å². The van der Waals surface area contributed by atoms with E-state index < -0.39 is 0 Å². The predicted molar refractivity (Wildman–Crippen MR) is 51.9 cm³/mol. The normalized spacial score (nSPS) is 9.75. The minimum atomic E-state index is 0.221. The van der Waals surface area contributed by atoms with Gasteiger partial charge in [-0.2, -0.15) is 0 Å². The summed E-state index contributed by atoms with van der Waals surface area (Å²) in [5.74, 6) is 0.221. The molecule has 0 radical (unpaired) electrons. The van der Waals surface area contributed by atoms with Gasteiger partial charge in [-0.05, 0) is 0 Å². The highest BCUT2D eigenvalue weighted by Gasteiger charge is 2.02. The van der Waals surface area contributed by atoms with Crippen LogP contribution >= 0.6 is 11.3 Å². The Kier molecular flexibility index (Phi) is 3.04. The first-order valence-corrected chi connectivity index (χ1v) is 4.51. The monoisotopic (exact) mass is 184 g/mol. The van der Waals surface area contributed by atoms with Gasteiger partial charge in [0.15, 0.2) is 5.13 Å². The summed E-state index contributed by atoms with van der Waals surface area (Å²) in [6, 6.07) is 0. The number of nitrogens with one attached hydrogen (secondary N) is 1. The number of amidine groups is 1. The zero-order valence-electron chi connectivity index (χ0n) is 6.95. The second-order valence-corrected chi connectivity index (χ2v) is 3.38. The first kappa shape index (κ1) is 8.99. The molecule has 0 spiro atoms. The van der Waals surface area contributed by atoms with Gasteiger partial charge >= 0.3 is 0 Å². The van der Waals surface area contributed by atoms with Gasteiger partial charge in [0.2, 0.25) is 0 Å². The standard InChI is InChI=1S/C7H12N4S/c1-11(4-2-6(8)9)7-10-3-5-12-7/h3,5H,2,4H2,1H3,(H3,8,9). The molecule has 0 unspecified atom stereocenters. The van der Waals surface area contributed by atoms with Crippen molar-refractivity contribution >= 4 is 22.3 Å². The Bertz CT molecular complexity index is 244. The number of hydrogen-bond donors (Lipinski definition) is 2. The van der Waals surface area contributed by atoms with Crippen LogP contribution in [0.5, 0.6) is 0 Å². The average molecular weight is 184 g/mol. The van der Waals surface area contributed by atoms with Gasteiger partial charge in [-0.25, -0.2) is 4.98 Å². The van der Waals surface area contributed by atoms with E-state index in [-0.39, 0.29) is 5.84 Å². The summed E-state index contributed by atoms with van der Waals surface area (Å²) in [5.41, 5.74) is 5.23. The topological polar surface area (TPSA) is 66.0 Å². The number of anilines is 1. The lowest BCUT2D eigenvalue weighted by Gasteiger charge is -2.14. The summed E-state index contributed by atoms with van der Waals surface area (Å²) < 4.78 is 0. The fourth-order valence-corrected chi connectivity index (χ4v) is 1.42. The van der Waals surface area contributed by atoms with Crippen LogP contribution in [0.3, 0.4) is 0 Å². The molecule has 1 aromatic heterocycles. The third-order valence-electron chi connectivity index (χ3n) is 1.46. The van der Waals surface area contributed by atoms with Crippen LogP contribution in [-0.4, -0.2) is 24.4 Å². The Morgan fingerprint density at radius 2 is 2.58 bits per heavy atom. The lowest BCUT2D eigenvalue weighted by molar-refractivity contribution is 0.904. The Morgan fingerprint density at radius 1 is 1.83 bits per heavy atom. The largest absolute Gasteiger partial charge is 0.388 e. The second-order valence-electron chi connectivity index (χ2n) is 2.51. The van der Waals surface area contributed by atoms with Crippen molar-refractivity contribution in [2.75, 3.05) is 18.5 Å². The van der Waals surface area contributed by atoms with Crippen LogP contribution in [0.4, 0.5) is 5.13 Å². The highest BCUT2D eigenvalue weighted by Crippen LogP contribution is 2.14. The molecule has 1 heterocycles. The Labute approximate surface area is 75.5 Å². The predicted octanol–water partition coefficient (Wildman–Crippen LogP) is 0.905. The number of nitrogens with two attached hydrogens (primary N) is 1. The maximum absolute atomic E-state index is 7.05.